The predicted octanol–water partition coefficient (Wildman–Crippen LogP) is 4.56. The molecule has 0 saturated carbocycles. The first-order chi connectivity index (χ1) is 12.4. The number of para-hydroxylation sites is 1. The van der Waals surface area contributed by atoms with Gasteiger partial charge >= 0.3 is 0 Å². The second-order valence-corrected chi connectivity index (χ2v) is 7.33. The number of thiophene rings is 1. The summed E-state index contributed by atoms with van der Waals surface area (Å²) in [7, 11) is 0. The number of benzene rings is 2. The van der Waals surface area contributed by atoms with Gasteiger partial charge in [-0.15, -0.1) is 0 Å². The molecule has 3 aromatic heterocycles. The van der Waals surface area contributed by atoms with Crippen LogP contribution in [-0.2, 0) is 6.54 Å². The van der Waals surface area contributed by atoms with Gasteiger partial charge in [0.05, 0.1) is 10.9 Å². The SMILES string of the molecule is c1ccc(-n2c3[n+](c4sc5ncccc5c42)Cc2ccccc2-3)cc1. The fourth-order valence-electron chi connectivity index (χ4n) is 3.92. The molecule has 0 bridgehead atoms. The molecule has 6 rings (SSSR count). The van der Waals surface area contributed by atoms with E-state index in [9.17, 15) is 0 Å². The van der Waals surface area contributed by atoms with E-state index in [0.717, 1.165) is 11.4 Å². The number of hydrogen-bond acceptors (Lipinski definition) is 2. The van der Waals surface area contributed by atoms with E-state index in [1.54, 1.807) is 11.3 Å². The van der Waals surface area contributed by atoms with Gasteiger partial charge < -0.3 is 0 Å². The van der Waals surface area contributed by atoms with Crippen LogP contribution in [0.5, 0.6) is 0 Å². The van der Waals surface area contributed by atoms with E-state index in [2.05, 4.69) is 74.8 Å². The highest BCUT2D eigenvalue weighted by Gasteiger charge is 2.36. The summed E-state index contributed by atoms with van der Waals surface area (Å²) in [5.41, 5.74) is 5.17. The van der Waals surface area contributed by atoms with Crippen LogP contribution in [0, 0.1) is 0 Å². The molecule has 0 radical (unpaired) electrons. The third-order valence-electron chi connectivity index (χ3n) is 4.96. The van der Waals surface area contributed by atoms with Gasteiger partial charge in [0.1, 0.15) is 17.1 Å². The summed E-state index contributed by atoms with van der Waals surface area (Å²) in [5, 5.41) is 1.23. The van der Waals surface area contributed by atoms with Crippen molar-refractivity contribution in [1.82, 2.24) is 9.55 Å². The van der Waals surface area contributed by atoms with Crippen molar-refractivity contribution in [3.8, 4) is 17.1 Å². The van der Waals surface area contributed by atoms with Gasteiger partial charge in [-0.1, -0.05) is 47.7 Å². The van der Waals surface area contributed by atoms with E-state index in [1.807, 2.05) is 12.3 Å². The van der Waals surface area contributed by atoms with Gasteiger partial charge in [-0.25, -0.2) is 9.55 Å². The van der Waals surface area contributed by atoms with Crippen molar-refractivity contribution in [3.63, 3.8) is 0 Å². The monoisotopic (exact) mass is 340 g/mol. The average Bonchev–Trinajstić information content (AvgIpc) is 3.30. The Morgan fingerprint density at radius 1 is 0.920 bits per heavy atom. The van der Waals surface area contributed by atoms with Crippen LogP contribution >= 0.6 is 11.3 Å². The van der Waals surface area contributed by atoms with Gasteiger partial charge in [-0.2, -0.15) is 4.57 Å². The molecule has 5 aromatic rings. The van der Waals surface area contributed by atoms with Gasteiger partial charge in [0.25, 0.3) is 5.82 Å². The summed E-state index contributed by atoms with van der Waals surface area (Å²) in [6, 6.07) is 23.6. The summed E-state index contributed by atoms with van der Waals surface area (Å²) in [4.78, 5) is 6.99. The van der Waals surface area contributed by atoms with Crippen molar-refractivity contribution >= 4 is 31.9 Å². The number of nitrogens with zero attached hydrogens (tertiary/aromatic N) is 3. The molecule has 3 nitrogen and oxygen atoms in total. The Morgan fingerprint density at radius 2 is 1.76 bits per heavy atom. The molecule has 0 aliphatic carbocycles. The molecule has 0 unspecified atom stereocenters. The highest BCUT2D eigenvalue weighted by Crippen LogP contribution is 2.39. The van der Waals surface area contributed by atoms with Gasteiger partial charge in [0, 0.05) is 11.8 Å². The molecular weight excluding hydrogens is 326 g/mol. The Hall–Kier alpha value is -2.98. The molecule has 0 fully saturated rings. The van der Waals surface area contributed by atoms with Crippen molar-refractivity contribution in [2.75, 3.05) is 0 Å². The van der Waals surface area contributed by atoms with E-state index in [-0.39, 0.29) is 0 Å². The molecule has 4 heterocycles. The van der Waals surface area contributed by atoms with E-state index >= 15 is 0 Å². The first-order valence-electron chi connectivity index (χ1n) is 8.37. The number of aromatic nitrogens is 3. The lowest BCUT2D eigenvalue weighted by Gasteiger charge is -2.01. The van der Waals surface area contributed by atoms with Gasteiger partial charge in [0.15, 0.2) is 0 Å². The Balaban J connectivity index is 1.84. The van der Waals surface area contributed by atoms with Crippen molar-refractivity contribution in [3.05, 3.63) is 78.5 Å². The minimum atomic E-state index is 0.925. The molecule has 0 amide bonds. The van der Waals surface area contributed by atoms with Crippen molar-refractivity contribution in [1.29, 1.82) is 0 Å². The second-order valence-electron chi connectivity index (χ2n) is 6.35. The van der Waals surface area contributed by atoms with Crippen LogP contribution in [0.2, 0.25) is 0 Å². The predicted molar refractivity (Wildman–Crippen MR) is 101 cm³/mol. The van der Waals surface area contributed by atoms with Crippen LogP contribution < -0.4 is 4.57 Å². The van der Waals surface area contributed by atoms with E-state index < -0.39 is 0 Å². The first kappa shape index (κ1) is 13.3. The molecule has 25 heavy (non-hydrogen) atoms. The second kappa shape index (κ2) is 4.77. The summed E-state index contributed by atoms with van der Waals surface area (Å²) in [6.45, 7) is 0.925. The number of pyridine rings is 1. The maximum absolute atomic E-state index is 4.59. The van der Waals surface area contributed by atoms with Crippen LogP contribution in [0.15, 0.2) is 72.9 Å². The summed E-state index contributed by atoms with van der Waals surface area (Å²) < 4.78 is 4.85. The molecule has 0 spiro atoms. The van der Waals surface area contributed by atoms with Crippen LogP contribution in [0.3, 0.4) is 0 Å². The van der Waals surface area contributed by atoms with E-state index in [1.165, 1.54) is 38.4 Å². The Bertz CT molecular complexity index is 1260. The zero-order chi connectivity index (χ0) is 16.4. The number of rotatable bonds is 1. The van der Waals surface area contributed by atoms with Gasteiger partial charge in [-0.05, 0) is 30.3 Å². The molecule has 1 aliphatic rings. The minimum absolute atomic E-state index is 0.925. The van der Waals surface area contributed by atoms with Crippen LogP contribution in [-0.4, -0.2) is 9.55 Å². The smallest absolute Gasteiger partial charge is 0.245 e. The van der Waals surface area contributed by atoms with E-state index in [0.29, 0.717) is 0 Å². The quantitative estimate of drug-likeness (QED) is 0.402. The Kier molecular flexibility index (Phi) is 2.54. The molecule has 0 atom stereocenters. The number of imidazole rings is 1. The Morgan fingerprint density at radius 3 is 2.68 bits per heavy atom. The zero-order valence-electron chi connectivity index (χ0n) is 13.4. The van der Waals surface area contributed by atoms with Gasteiger partial charge in [-0.3, -0.25) is 0 Å². The lowest BCUT2D eigenvalue weighted by Crippen LogP contribution is -2.30. The lowest BCUT2D eigenvalue weighted by molar-refractivity contribution is -0.643. The van der Waals surface area contributed by atoms with Crippen molar-refractivity contribution in [2.45, 2.75) is 6.54 Å². The molecule has 0 N–H and O–H groups in total. The highest BCUT2D eigenvalue weighted by molar-refractivity contribution is 7.24. The minimum Gasteiger partial charge on any atom is -0.245 e. The summed E-state index contributed by atoms with van der Waals surface area (Å²) >= 11 is 1.78. The molecule has 2 aromatic carbocycles. The number of fused-ring (bicyclic) bond motifs is 7. The van der Waals surface area contributed by atoms with Crippen LogP contribution in [0.25, 0.3) is 37.6 Å². The van der Waals surface area contributed by atoms with Crippen LogP contribution in [0.1, 0.15) is 5.56 Å². The normalized spacial score (nSPS) is 12.6. The van der Waals surface area contributed by atoms with Crippen LogP contribution in [0.4, 0.5) is 0 Å². The fraction of sp³-hybridized carbons (Fsp3) is 0.0476. The largest absolute Gasteiger partial charge is 0.296 e. The molecule has 1 aliphatic heterocycles. The molecule has 118 valence electrons. The number of hydrogen-bond donors (Lipinski definition) is 0. The lowest BCUT2D eigenvalue weighted by atomic mass is 10.1. The molecule has 4 heteroatoms. The summed E-state index contributed by atoms with van der Waals surface area (Å²) in [5.74, 6) is 1.27. The van der Waals surface area contributed by atoms with Crippen molar-refractivity contribution < 1.29 is 4.57 Å². The third-order valence-corrected chi connectivity index (χ3v) is 6.09. The maximum Gasteiger partial charge on any atom is 0.296 e. The first-order valence-corrected chi connectivity index (χ1v) is 9.19. The standard InChI is InChI=1S/C21H14N3S/c1-2-8-15(9-3-1)24-18-17-11-6-12-22-19(17)25-21(18)23-13-14-7-4-5-10-16(14)20(23)24/h1-12H,13H2/q+1. The fourth-order valence-corrected chi connectivity index (χ4v) is 5.05. The molecular formula is C21H14N3S+. The van der Waals surface area contributed by atoms with Crippen molar-refractivity contribution in [2.24, 2.45) is 0 Å². The maximum atomic E-state index is 4.59. The van der Waals surface area contributed by atoms with Gasteiger partial charge in [0.2, 0.25) is 10.3 Å². The summed E-state index contributed by atoms with van der Waals surface area (Å²) in [6.07, 6.45) is 1.88. The molecule has 0 saturated heterocycles. The zero-order valence-corrected chi connectivity index (χ0v) is 14.2. The average molecular weight is 340 g/mol. The topological polar surface area (TPSA) is 21.7 Å². The Labute approximate surface area is 148 Å². The highest BCUT2D eigenvalue weighted by atomic mass is 32.1. The van der Waals surface area contributed by atoms with E-state index in [4.69, 9.17) is 0 Å². The third kappa shape index (κ3) is 1.69.